The van der Waals surface area contributed by atoms with Crippen LogP contribution in [0.3, 0.4) is 0 Å². The quantitative estimate of drug-likeness (QED) is 0.577. The Bertz CT molecular complexity index is 957. The maximum Gasteiger partial charge on any atom is 0.196 e. The Kier molecular flexibility index (Phi) is 2.82. The minimum absolute atomic E-state index is 0.584. The SMILES string of the molecule is Cc1cc(CN(C)c2ncnc3c2oc2ccccc23)no1. The van der Waals surface area contributed by atoms with Gasteiger partial charge in [0.25, 0.3) is 0 Å². The highest BCUT2D eigenvalue weighted by atomic mass is 16.5. The molecule has 0 spiro atoms. The lowest BCUT2D eigenvalue weighted by atomic mass is 10.2. The van der Waals surface area contributed by atoms with Gasteiger partial charge in [0.05, 0.1) is 6.54 Å². The van der Waals surface area contributed by atoms with E-state index in [2.05, 4.69) is 15.1 Å². The first kappa shape index (κ1) is 12.8. The van der Waals surface area contributed by atoms with Crippen LogP contribution in [0.5, 0.6) is 0 Å². The van der Waals surface area contributed by atoms with Crippen molar-refractivity contribution in [3.8, 4) is 0 Å². The fraction of sp³-hybridized carbons (Fsp3) is 0.188. The van der Waals surface area contributed by atoms with Gasteiger partial charge >= 0.3 is 0 Å². The van der Waals surface area contributed by atoms with Gasteiger partial charge in [0.15, 0.2) is 11.4 Å². The number of hydrogen-bond donors (Lipinski definition) is 0. The van der Waals surface area contributed by atoms with Crippen molar-refractivity contribution in [2.45, 2.75) is 13.5 Å². The molecule has 0 saturated carbocycles. The van der Waals surface area contributed by atoms with Gasteiger partial charge in [0.2, 0.25) is 0 Å². The minimum Gasteiger partial charge on any atom is -0.450 e. The summed E-state index contributed by atoms with van der Waals surface area (Å²) in [5, 5.41) is 5.01. The summed E-state index contributed by atoms with van der Waals surface area (Å²) in [6.07, 6.45) is 1.56. The van der Waals surface area contributed by atoms with Crippen LogP contribution in [0.1, 0.15) is 11.5 Å². The van der Waals surface area contributed by atoms with Gasteiger partial charge in [-0.05, 0) is 19.1 Å². The molecule has 3 aromatic heterocycles. The summed E-state index contributed by atoms with van der Waals surface area (Å²) in [7, 11) is 1.94. The van der Waals surface area contributed by atoms with Gasteiger partial charge in [-0.25, -0.2) is 9.97 Å². The van der Waals surface area contributed by atoms with E-state index in [0.717, 1.165) is 33.8 Å². The molecule has 0 saturated heterocycles. The number of benzene rings is 1. The number of rotatable bonds is 3. The molecule has 0 atom stereocenters. The minimum atomic E-state index is 0.584. The summed E-state index contributed by atoms with van der Waals surface area (Å²) in [6.45, 7) is 2.46. The number of fused-ring (bicyclic) bond motifs is 3. The predicted octanol–water partition coefficient (Wildman–Crippen LogP) is 3.31. The lowest BCUT2D eigenvalue weighted by molar-refractivity contribution is 0.390. The Morgan fingerprint density at radius 1 is 1.18 bits per heavy atom. The van der Waals surface area contributed by atoms with Gasteiger partial charge in [0.1, 0.15) is 28.9 Å². The fourth-order valence-corrected chi connectivity index (χ4v) is 2.59. The van der Waals surface area contributed by atoms with Crippen LogP contribution in [0.4, 0.5) is 5.82 Å². The van der Waals surface area contributed by atoms with E-state index >= 15 is 0 Å². The van der Waals surface area contributed by atoms with Crippen molar-refractivity contribution in [3.63, 3.8) is 0 Å². The molecule has 0 unspecified atom stereocenters. The highest BCUT2D eigenvalue weighted by Crippen LogP contribution is 2.31. The smallest absolute Gasteiger partial charge is 0.196 e. The van der Waals surface area contributed by atoms with Gasteiger partial charge < -0.3 is 13.8 Å². The second kappa shape index (κ2) is 4.84. The van der Waals surface area contributed by atoms with E-state index in [1.807, 2.05) is 49.2 Å². The second-order valence-electron chi connectivity index (χ2n) is 5.26. The number of furan rings is 1. The maximum atomic E-state index is 5.94. The summed E-state index contributed by atoms with van der Waals surface area (Å²) < 4.78 is 11.0. The highest BCUT2D eigenvalue weighted by Gasteiger charge is 2.16. The molecule has 0 N–H and O–H groups in total. The summed E-state index contributed by atoms with van der Waals surface area (Å²) in [4.78, 5) is 10.7. The molecule has 0 bridgehead atoms. The maximum absolute atomic E-state index is 5.94. The van der Waals surface area contributed by atoms with Gasteiger partial charge in [-0.1, -0.05) is 17.3 Å². The fourth-order valence-electron chi connectivity index (χ4n) is 2.59. The van der Waals surface area contributed by atoms with Gasteiger partial charge in [-0.3, -0.25) is 0 Å². The molecule has 0 aliphatic rings. The summed E-state index contributed by atoms with van der Waals surface area (Å²) in [6, 6.07) is 9.76. The van der Waals surface area contributed by atoms with Crippen LogP contribution in [0.25, 0.3) is 22.1 Å². The van der Waals surface area contributed by atoms with Crippen LogP contribution in [-0.4, -0.2) is 22.2 Å². The molecule has 1 aromatic carbocycles. The Morgan fingerprint density at radius 3 is 2.86 bits per heavy atom. The van der Waals surface area contributed by atoms with E-state index in [1.54, 1.807) is 6.33 Å². The third-order valence-electron chi connectivity index (χ3n) is 3.58. The number of hydrogen-bond acceptors (Lipinski definition) is 6. The molecule has 0 amide bonds. The third-order valence-corrected chi connectivity index (χ3v) is 3.58. The average molecular weight is 294 g/mol. The van der Waals surface area contributed by atoms with Crippen LogP contribution in [0.2, 0.25) is 0 Å². The Morgan fingerprint density at radius 2 is 2.05 bits per heavy atom. The van der Waals surface area contributed by atoms with Crippen LogP contribution in [-0.2, 0) is 6.54 Å². The Hall–Kier alpha value is -2.89. The van der Waals surface area contributed by atoms with Crippen molar-refractivity contribution < 1.29 is 8.94 Å². The van der Waals surface area contributed by atoms with Crippen LogP contribution in [0.15, 0.2) is 45.6 Å². The number of nitrogens with zero attached hydrogens (tertiary/aromatic N) is 4. The molecule has 0 aliphatic heterocycles. The lowest BCUT2D eigenvalue weighted by Gasteiger charge is -2.15. The third kappa shape index (κ3) is 2.00. The molecule has 4 aromatic rings. The van der Waals surface area contributed by atoms with Crippen LogP contribution < -0.4 is 4.90 Å². The molecule has 6 nitrogen and oxygen atoms in total. The van der Waals surface area contributed by atoms with Crippen LogP contribution >= 0.6 is 0 Å². The van der Waals surface area contributed by atoms with E-state index in [9.17, 15) is 0 Å². The predicted molar refractivity (Wildman–Crippen MR) is 82.7 cm³/mol. The van der Waals surface area contributed by atoms with Crippen molar-refractivity contribution in [3.05, 3.63) is 48.1 Å². The molecule has 110 valence electrons. The normalized spacial score (nSPS) is 11.4. The van der Waals surface area contributed by atoms with E-state index in [4.69, 9.17) is 8.94 Å². The largest absolute Gasteiger partial charge is 0.450 e. The highest BCUT2D eigenvalue weighted by molar-refractivity contribution is 6.05. The summed E-state index contributed by atoms with van der Waals surface area (Å²) in [5.41, 5.74) is 3.17. The lowest BCUT2D eigenvalue weighted by Crippen LogP contribution is -2.18. The number of anilines is 1. The number of para-hydroxylation sites is 1. The summed E-state index contributed by atoms with van der Waals surface area (Å²) >= 11 is 0. The molecule has 0 radical (unpaired) electrons. The first-order valence-corrected chi connectivity index (χ1v) is 6.98. The molecule has 0 aliphatic carbocycles. The van der Waals surface area contributed by atoms with E-state index in [0.29, 0.717) is 12.1 Å². The first-order valence-electron chi connectivity index (χ1n) is 6.98. The van der Waals surface area contributed by atoms with Crippen molar-refractivity contribution >= 4 is 27.9 Å². The zero-order valence-electron chi connectivity index (χ0n) is 12.3. The van der Waals surface area contributed by atoms with Crippen molar-refractivity contribution in [1.82, 2.24) is 15.1 Å². The second-order valence-corrected chi connectivity index (χ2v) is 5.26. The molecule has 3 heterocycles. The molecule has 6 heteroatoms. The van der Waals surface area contributed by atoms with E-state index in [-0.39, 0.29) is 0 Å². The van der Waals surface area contributed by atoms with Crippen molar-refractivity contribution in [2.75, 3.05) is 11.9 Å². The van der Waals surface area contributed by atoms with Crippen molar-refractivity contribution in [1.29, 1.82) is 0 Å². The first-order chi connectivity index (χ1) is 10.7. The Balaban J connectivity index is 1.80. The summed E-state index contributed by atoms with van der Waals surface area (Å²) in [5.74, 6) is 1.53. The molecular weight excluding hydrogens is 280 g/mol. The standard InChI is InChI=1S/C16H14N4O2/c1-10-7-11(19-22-10)8-20(2)16-15-14(17-9-18-16)12-5-3-4-6-13(12)21-15/h3-7,9H,8H2,1-2H3. The van der Waals surface area contributed by atoms with Gasteiger partial charge in [-0.15, -0.1) is 0 Å². The van der Waals surface area contributed by atoms with Crippen LogP contribution in [0, 0.1) is 6.92 Å². The van der Waals surface area contributed by atoms with Crippen molar-refractivity contribution in [2.24, 2.45) is 0 Å². The van der Waals surface area contributed by atoms with E-state index in [1.165, 1.54) is 0 Å². The molecule has 0 fully saturated rings. The topological polar surface area (TPSA) is 68.2 Å². The number of aryl methyl sites for hydroxylation is 1. The zero-order valence-corrected chi connectivity index (χ0v) is 12.3. The van der Waals surface area contributed by atoms with E-state index < -0.39 is 0 Å². The van der Waals surface area contributed by atoms with Gasteiger partial charge in [-0.2, -0.15) is 0 Å². The molecule has 22 heavy (non-hydrogen) atoms. The average Bonchev–Trinajstić information content (AvgIpc) is 3.10. The molecular formula is C16H14N4O2. The monoisotopic (exact) mass is 294 g/mol. The van der Waals surface area contributed by atoms with Gasteiger partial charge in [0, 0.05) is 18.5 Å². The molecule has 4 rings (SSSR count). The zero-order chi connectivity index (χ0) is 15.1. The Labute approximate surface area is 126 Å². The number of aromatic nitrogens is 3.